The second kappa shape index (κ2) is 6.87. The Hall–Kier alpha value is -3.15. The molecule has 4 rings (SSSR count). The molecule has 6 heteroatoms. The fourth-order valence-corrected chi connectivity index (χ4v) is 3.74. The van der Waals surface area contributed by atoms with Gasteiger partial charge in [0, 0.05) is 61.1 Å². The van der Waals surface area contributed by atoms with Crippen molar-refractivity contribution < 1.29 is 14.3 Å². The van der Waals surface area contributed by atoms with E-state index in [9.17, 15) is 4.79 Å². The average Bonchev–Trinajstić information content (AvgIpc) is 2.89. The highest BCUT2D eigenvalue weighted by Crippen LogP contribution is 2.30. The van der Waals surface area contributed by atoms with Gasteiger partial charge in [0.1, 0.15) is 11.5 Å². The number of nitrogens with one attached hydrogen (secondary N) is 1. The van der Waals surface area contributed by atoms with Crippen molar-refractivity contribution in [2.24, 2.45) is 7.05 Å². The lowest BCUT2D eigenvalue weighted by atomic mass is 10.1. The number of benzene rings is 2. The molecule has 3 aromatic rings. The Morgan fingerprint density at radius 1 is 1.07 bits per heavy atom. The summed E-state index contributed by atoms with van der Waals surface area (Å²) in [5, 5.41) is 4.25. The molecule has 0 unspecified atom stereocenters. The van der Waals surface area contributed by atoms with Gasteiger partial charge in [0.25, 0.3) is 0 Å². The molecular weight excluding hydrogens is 342 g/mol. The number of methoxy groups -OCH3 is 2. The summed E-state index contributed by atoms with van der Waals surface area (Å²) < 4.78 is 12.7. The van der Waals surface area contributed by atoms with Gasteiger partial charge in [-0.3, -0.25) is 0 Å². The van der Waals surface area contributed by atoms with Crippen LogP contribution in [0, 0.1) is 0 Å². The predicted molar refractivity (Wildman–Crippen MR) is 106 cm³/mol. The minimum atomic E-state index is -0.128. The van der Waals surface area contributed by atoms with Crippen molar-refractivity contribution >= 4 is 22.6 Å². The maximum Gasteiger partial charge on any atom is 0.322 e. The highest BCUT2D eigenvalue weighted by Gasteiger charge is 2.22. The zero-order chi connectivity index (χ0) is 19.0. The van der Waals surface area contributed by atoms with Crippen LogP contribution in [0.5, 0.6) is 11.5 Å². The summed E-state index contributed by atoms with van der Waals surface area (Å²) in [5.41, 5.74) is 4.33. The largest absolute Gasteiger partial charge is 0.497 e. The third-order valence-electron chi connectivity index (χ3n) is 5.08. The monoisotopic (exact) mass is 365 g/mol. The Balaban J connectivity index is 1.58. The minimum absolute atomic E-state index is 0.128. The Bertz CT molecular complexity index is 987. The van der Waals surface area contributed by atoms with Gasteiger partial charge in [-0.1, -0.05) is 12.1 Å². The summed E-state index contributed by atoms with van der Waals surface area (Å²) in [5.74, 6) is 1.27. The number of aryl methyl sites for hydroxylation is 1. The number of aromatic nitrogens is 1. The summed E-state index contributed by atoms with van der Waals surface area (Å²) in [7, 11) is 5.25. The number of hydrogen-bond acceptors (Lipinski definition) is 3. The Morgan fingerprint density at radius 3 is 2.52 bits per heavy atom. The van der Waals surface area contributed by atoms with Gasteiger partial charge >= 0.3 is 6.03 Å². The van der Waals surface area contributed by atoms with Crippen molar-refractivity contribution in [1.29, 1.82) is 0 Å². The number of urea groups is 1. The molecule has 1 aliphatic heterocycles. The lowest BCUT2D eigenvalue weighted by molar-refractivity contribution is 0.210. The third kappa shape index (κ3) is 3.18. The van der Waals surface area contributed by atoms with E-state index in [2.05, 4.69) is 41.3 Å². The first-order valence-electron chi connectivity index (χ1n) is 8.94. The Labute approximate surface area is 158 Å². The van der Waals surface area contributed by atoms with E-state index in [0.29, 0.717) is 30.3 Å². The van der Waals surface area contributed by atoms with Gasteiger partial charge in [-0.2, -0.15) is 0 Å². The van der Waals surface area contributed by atoms with Crippen LogP contribution in [0.2, 0.25) is 0 Å². The molecule has 0 aliphatic carbocycles. The van der Waals surface area contributed by atoms with E-state index in [4.69, 9.17) is 9.47 Å². The van der Waals surface area contributed by atoms with Crippen molar-refractivity contribution in [3.05, 3.63) is 53.7 Å². The summed E-state index contributed by atoms with van der Waals surface area (Å²) >= 11 is 0. The van der Waals surface area contributed by atoms with Crippen LogP contribution < -0.4 is 14.8 Å². The lowest BCUT2D eigenvalue weighted by Gasteiger charge is -2.22. The second-order valence-corrected chi connectivity index (χ2v) is 6.78. The van der Waals surface area contributed by atoms with Crippen LogP contribution in [0.4, 0.5) is 10.5 Å². The smallest absolute Gasteiger partial charge is 0.322 e. The standard InChI is InChI=1S/C21H23N3O3/c1-23-12-15-7-8-24(13-14-5-4-6-19(23)20(14)15)21(25)22-16-9-17(26-2)11-18(10-16)27-3/h4-6,9-12H,7-8,13H2,1-3H3,(H,22,25). The van der Waals surface area contributed by atoms with Crippen LogP contribution in [0.1, 0.15) is 11.1 Å². The highest BCUT2D eigenvalue weighted by atomic mass is 16.5. The molecule has 0 bridgehead atoms. The molecule has 27 heavy (non-hydrogen) atoms. The first-order valence-corrected chi connectivity index (χ1v) is 8.94. The normalized spacial score (nSPS) is 13.4. The molecule has 2 amide bonds. The van der Waals surface area contributed by atoms with Gasteiger partial charge < -0.3 is 24.3 Å². The van der Waals surface area contributed by atoms with Gasteiger partial charge in [0.2, 0.25) is 0 Å². The fourth-order valence-electron chi connectivity index (χ4n) is 3.74. The van der Waals surface area contributed by atoms with Gasteiger partial charge in [0.15, 0.2) is 0 Å². The second-order valence-electron chi connectivity index (χ2n) is 6.78. The summed E-state index contributed by atoms with van der Waals surface area (Å²) in [6, 6.07) is 11.5. The van der Waals surface area contributed by atoms with Gasteiger partial charge in [-0.05, 0) is 23.6 Å². The molecule has 1 aromatic heterocycles. The highest BCUT2D eigenvalue weighted by molar-refractivity contribution is 5.92. The van der Waals surface area contributed by atoms with Crippen molar-refractivity contribution in [2.45, 2.75) is 13.0 Å². The maximum atomic E-state index is 12.9. The Kier molecular flexibility index (Phi) is 4.39. The quantitative estimate of drug-likeness (QED) is 0.768. The maximum absolute atomic E-state index is 12.9. The number of amides is 2. The molecule has 0 fully saturated rings. The third-order valence-corrected chi connectivity index (χ3v) is 5.08. The fraction of sp³-hybridized carbons (Fsp3) is 0.286. The van der Waals surface area contributed by atoms with Gasteiger partial charge in [0.05, 0.1) is 14.2 Å². The molecular formula is C21H23N3O3. The molecule has 1 aliphatic rings. The van der Waals surface area contributed by atoms with E-state index in [1.165, 1.54) is 22.0 Å². The van der Waals surface area contributed by atoms with Crippen molar-refractivity contribution in [1.82, 2.24) is 9.47 Å². The molecule has 0 saturated heterocycles. The van der Waals surface area contributed by atoms with Crippen LogP contribution >= 0.6 is 0 Å². The van der Waals surface area contributed by atoms with E-state index in [-0.39, 0.29) is 6.03 Å². The predicted octanol–water partition coefficient (Wildman–Crippen LogP) is 3.79. The summed E-state index contributed by atoms with van der Waals surface area (Å²) in [6.45, 7) is 1.25. The zero-order valence-electron chi connectivity index (χ0n) is 15.8. The average molecular weight is 365 g/mol. The zero-order valence-corrected chi connectivity index (χ0v) is 15.8. The number of ether oxygens (including phenoxy) is 2. The molecule has 2 heterocycles. The molecule has 0 radical (unpaired) electrons. The van der Waals surface area contributed by atoms with Crippen LogP contribution in [-0.2, 0) is 20.0 Å². The SMILES string of the molecule is COc1cc(NC(=O)N2CCc3cn(C)c4cccc(c34)C2)cc(OC)c1. The van der Waals surface area contributed by atoms with Crippen molar-refractivity contribution in [3.8, 4) is 11.5 Å². The molecule has 1 N–H and O–H groups in total. The van der Waals surface area contributed by atoms with E-state index < -0.39 is 0 Å². The van der Waals surface area contributed by atoms with E-state index >= 15 is 0 Å². The summed E-state index contributed by atoms with van der Waals surface area (Å²) in [6.07, 6.45) is 3.01. The van der Waals surface area contributed by atoms with Crippen LogP contribution in [0.25, 0.3) is 10.9 Å². The number of anilines is 1. The lowest BCUT2D eigenvalue weighted by Crippen LogP contribution is -2.35. The number of hydrogen-bond donors (Lipinski definition) is 1. The van der Waals surface area contributed by atoms with E-state index in [1.54, 1.807) is 32.4 Å². The Morgan fingerprint density at radius 2 is 1.81 bits per heavy atom. The van der Waals surface area contributed by atoms with E-state index in [1.807, 2.05) is 4.90 Å². The van der Waals surface area contributed by atoms with Crippen LogP contribution in [0.3, 0.4) is 0 Å². The molecule has 6 nitrogen and oxygen atoms in total. The van der Waals surface area contributed by atoms with Gasteiger partial charge in [-0.25, -0.2) is 4.79 Å². The summed E-state index contributed by atoms with van der Waals surface area (Å²) in [4.78, 5) is 14.8. The molecule has 0 atom stereocenters. The van der Waals surface area contributed by atoms with Crippen molar-refractivity contribution in [3.63, 3.8) is 0 Å². The number of nitrogens with zero attached hydrogens (tertiary/aromatic N) is 2. The van der Waals surface area contributed by atoms with Gasteiger partial charge in [-0.15, -0.1) is 0 Å². The van der Waals surface area contributed by atoms with E-state index in [0.717, 1.165) is 6.42 Å². The molecule has 140 valence electrons. The number of rotatable bonds is 3. The number of carbonyl (C=O) groups is 1. The first kappa shape index (κ1) is 17.3. The molecule has 0 spiro atoms. The first-order chi connectivity index (χ1) is 13.1. The minimum Gasteiger partial charge on any atom is -0.497 e. The van der Waals surface area contributed by atoms with Crippen LogP contribution in [-0.4, -0.2) is 36.3 Å². The topological polar surface area (TPSA) is 55.7 Å². The van der Waals surface area contributed by atoms with Crippen LogP contribution in [0.15, 0.2) is 42.6 Å². The number of carbonyl (C=O) groups excluding carboxylic acids is 1. The van der Waals surface area contributed by atoms with Crippen molar-refractivity contribution in [2.75, 3.05) is 26.1 Å². The molecule has 0 saturated carbocycles. The molecule has 2 aromatic carbocycles.